The number of carbonyl (C=O) groups is 1. The van der Waals surface area contributed by atoms with Gasteiger partial charge in [0.2, 0.25) is 5.91 Å². The molecule has 0 bridgehead atoms. The normalized spacial score (nSPS) is 17.3. The van der Waals surface area contributed by atoms with Crippen LogP contribution in [0.3, 0.4) is 0 Å². The highest BCUT2D eigenvalue weighted by Crippen LogP contribution is 2.25. The van der Waals surface area contributed by atoms with Crippen molar-refractivity contribution in [3.8, 4) is 0 Å². The van der Waals surface area contributed by atoms with Crippen LogP contribution in [0.1, 0.15) is 41.5 Å². The first-order valence-electron chi connectivity index (χ1n) is 8.35. The van der Waals surface area contributed by atoms with Crippen LogP contribution in [0.4, 0.5) is 4.39 Å². The number of aromatic nitrogens is 2. The standard InChI is InChI=1S/C19H22FN3O/c1-13-11-14(2)22-19(21-13)16-9-10-23(12-16)18(24)8-5-15-3-6-17(20)7-4-15/h3-4,6-7,11,16H,5,8-10,12H2,1-2H3. The number of likely N-dealkylation sites (tertiary alicyclic amines) is 1. The second kappa shape index (κ2) is 7.07. The van der Waals surface area contributed by atoms with Crippen molar-refractivity contribution in [3.05, 3.63) is 58.9 Å². The average Bonchev–Trinajstić information content (AvgIpc) is 3.03. The SMILES string of the molecule is Cc1cc(C)nc(C2CCN(C(=O)CCc3ccc(F)cc3)C2)n1. The van der Waals surface area contributed by atoms with E-state index in [0.29, 0.717) is 19.4 Å². The summed E-state index contributed by atoms with van der Waals surface area (Å²) >= 11 is 0. The third-order valence-electron chi connectivity index (χ3n) is 4.45. The van der Waals surface area contributed by atoms with E-state index in [9.17, 15) is 9.18 Å². The molecule has 1 atom stereocenters. The lowest BCUT2D eigenvalue weighted by Crippen LogP contribution is -2.28. The zero-order valence-electron chi connectivity index (χ0n) is 14.1. The number of hydrogen-bond acceptors (Lipinski definition) is 3. The number of benzene rings is 1. The van der Waals surface area contributed by atoms with Crippen LogP contribution in [-0.4, -0.2) is 33.9 Å². The molecule has 1 saturated heterocycles. The van der Waals surface area contributed by atoms with Gasteiger partial charge in [-0.05, 0) is 50.5 Å². The molecule has 24 heavy (non-hydrogen) atoms. The fourth-order valence-corrected chi connectivity index (χ4v) is 3.19. The number of rotatable bonds is 4. The fourth-order valence-electron chi connectivity index (χ4n) is 3.19. The molecule has 5 heteroatoms. The van der Waals surface area contributed by atoms with Crippen molar-refractivity contribution in [2.75, 3.05) is 13.1 Å². The first-order valence-corrected chi connectivity index (χ1v) is 8.35. The highest BCUT2D eigenvalue weighted by molar-refractivity contribution is 5.76. The summed E-state index contributed by atoms with van der Waals surface area (Å²) in [6, 6.07) is 8.30. The maximum atomic E-state index is 12.9. The van der Waals surface area contributed by atoms with Gasteiger partial charge >= 0.3 is 0 Å². The molecule has 0 saturated carbocycles. The van der Waals surface area contributed by atoms with E-state index in [1.165, 1.54) is 12.1 Å². The molecular weight excluding hydrogens is 305 g/mol. The van der Waals surface area contributed by atoms with E-state index in [4.69, 9.17) is 0 Å². The monoisotopic (exact) mass is 327 g/mol. The Balaban J connectivity index is 1.56. The van der Waals surface area contributed by atoms with Crippen molar-refractivity contribution in [1.82, 2.24) is 14.9 Å². The average molecular weight is 327 g/mol. The van der Waals surface area contributed by atoms with Crippen LogP contribution in [-0.2, 0) is 11.2 Å². The molecule has 0 spiro atoms. The summed E-state index contributed by atoms with van der Waals surface area (Å²) in [6.45, 7) is 5.38. The second-order valence-corrected chi connectivity index (χ2v) is 6.46. The van der Waals surface area contributed by atoms with Gasteiger partial charge in [-0.2, -0.15) is 0 Å². The Morgan fingerprint density at radius 3 is 2.54 bits per heavy atom. The minimum atomic E-state index is -0.249. The highest BCUT2D eigenvalue weighted by atomic mass is 19.1. The first-order chi connectivity index (χ1) is 11.5. The van der Waals surface area contributed by atoms with E-state index in [0.717, 1.165) is 35.7 Å². The van der Waals surface area contributed by atoms with Gasteiger partial charge in [-0.25, -0.2) is 14.4 Å². The number of halogens is 1. The van der Waals surface area contributed by atoms with Gasteiger partial charge in [0.1, 0.15) is 11.6 Å². The Labute approximate surface area is 141 Å². The van der Waals surface area contributed by atoms with Gasteiger partial charge in [0, 0.05) is 36.8 Å². The van der Waals surface area contributed by atoms with Crippen LogP contribution in [0.25, 0.3) is 0 Å². The van der Waals surface area contributed by atoms with Crippen LogP contribution in [0.15, 0.2) is 30.3 Å². The molecule has 0 radical (unpaired) electrons. The molecule has 1 aliphatic rings. The minimum absolute atomic E-state index is 0.145. The lowest BCUT2D eigenvalue weighted by molar-refractivity contribution is -0.130. The molecule has 1 aromatic carbocycles. The molecule has 3 rings (SSSR count). The molecule has 0 N–H and O–H groups in total. The van der Waals surface area contributed by atoms with Crippen molar-refractivity contribution in [1.29, 1.82) is 0 Å². The smallest absolute Gasteiger partial charge is 0.222 e. The summed E-state index contributed by atoms with van der Waals surface area (Å²) in [6.07, 6.45) is 2.00. The number of carbonyl (C=O) groups excluding carboxylic acids is 1. The van der Waals surface area contributed by atoms with Gasteiger partial charge in [0.15, 0.2) is 0 Å². The zero-order valence-corrected chi connectivity index (χ0v) is 14.1. The lowest BCUT2D eigenvalue weighted by atomic mass is 10.1. The Morgan fingerprint density at radius 2 is 1.88 bits per heavy atom. The van der Waals surface area contributed by atoms with E-state index in [-0.39, 0.29) is 17.6 Å². The van der Waals surface area contributed by atoms with Gasteiger partial charge in [-0.3, -0.25) is 4.79 Å². The molecule has 1 aliphatic heterocycles. The van der Waals surface area contributed by atoms with Crippen LogP contribution < -0.4 is 0 Å². The summed E-state index contributed by atoms with van der Waals surface area (Å²) in [5.74, 6) is 0.965. The van der Waals surface area contributed by atoms with E-state index in [1.54, 1.807) is 12.1 Å². The third-order valence-corrected chi connectivity index (χ3v) is 4.45. The number of amides is 1. The topological polar surface area (TPSA) is 46.1 Å². The predicted molar refractivity (Wildman–Crippen MR) is 90.2 cm³/mol. The predicted octanol–water partition coefficient (Wildman–Crippen LogP) is 3.18. The van der Waals surface area contributed by atoms with Crippen LogP contribution >= 0.6 is 0 Å². The molecule has 0 aliphatic carbocycles. The summed E-state index contributed by atoms with van der Waals surface area (Å²) in [5, 5.41) is 0. The van der Waals surface area contributed by atoms with Crippen LogP contribution in [0.5, 0.6) is 0 Å². The van der Waals surface area contributed by atoms with Crippen molar-refractivity contribution in [3.63, 3.8) is 0 Å². The van der Waals surface area contributed by atoms with E-state index >= 15 is 0 Å². The van der Waals surface area contributed by atoms with Gasteiger partial charge < -0.3 is 4.90 Å². The Kier molecular flexibility index (Phi) is 4.88. The van der Waals surface area contributed by atoms with Crippen molar-refractivity contribution in [2.24, 2.45) is 0 Å². The minimum Gasteiger partial charge on any atom is -0.342 e. The quantitative estimate of drug-likeness (QED) is 0.866. The summed E-state index contributed by atoms with van der Waals surface area (Å²) in [5.41, 5.74) is 2.93. The van der Waals surface area contributed by atoms with Crippen LogP contribution in [0.2, 0.25) is 0 Å². The summed E-state index contributed by atoms with van der Waals surface area (Å²) in [4.78, 5) is 23.4. The maximum Gasteiger partial charge on any atom is 0.222 e. The molecule has 1 amide bonds. The molecule has 2 aromatic rings. The first kappa shape index (κ1) is 16.6. The molecule has 1 unspecified atom stereocenters. The van der Waals surface area contributed by atoms with E-state index in [2.05, 4.69) is 9.97 Å². The highest BCUT2D eigenvalue weighted by Gasteiger charge is 2.29. The maximum absolute atomic E-state index is 12.9. The van der Waals surface area contributed by atoms with Gasteiger partial charge in [0.25, 0.3) is 0 Å². The van der Waals surface area contributed by atoms with Crippen molar-refractivity contribution in [2.45, 2.75) is 39.0 Å². The molecule has 1 fully saturated rings. The second-order valence-electron chi connectivity index (χ2n) is 6.46. The largest absolute Gasteiger partial charge is 0.342 e. The number of hydrogen-bond donors (Lipinski definition) is 0. The molecule has 4 nitrogen and oxygen atoms in total. The van der Waals surface area contributed by atoms with Gasteiger partial charge in [-0.1, -0.05) is 12.1 Å². The molecule has 126 valence electrons. The number of nitrogens with zero attached hydrogens (tertiary/aromatic N) is 3. The molecule has 2 heterocycles. The molecule has 1 aromatic heterocycles. The Hall–Kier alpha value is -2.30. The fraction of sp³-hybridized carbons (Fsp3) is 0.421. The Morgan fingerprint density at radius 1 is 1.21 bits per heavy atom. The lowest BCUT2D eigenvalue weighted by Gasteiger charge is -2.16. The van der Waals surface area contributed by atoms with Gasteiger partial charge in [-0.15, -0.1) is 0 Å². The molecular formula is C19H22FN3O. The summed E-state index contributed by atoms with van der Waals surface area (Å²) in [7, 11) is 0. The van der Waals surface area contributed by atoms with E-state index in [1.807, 2.05) is 24.8 Å². The third kappa shape index (κ3) is 3.96. The summed E-state index contributed by atoms with van der Waals surface area (Å²) < 4.78 is 12.9. The van der Waals surface area contributed by atoms with Crippen LogP contribution in [0, 0.1) is 19.7 Å². The Bertz CT molecular complexity index is 710. The number of aryl methyl sites for hydroxylation is 3. The van der Waals surface area contributed by atoms with Crippen molar-refractivity contribution >= 4 is 5.91 Å². The van der Waals surface area contributed by atoms with E-state index < -0.39 is 0 Å². The van der Waals surface area contributed by atoms with Gasteiger partial charge in [0.05, 0.1) is 0 Å². The van der Waals surface area contributed by atoms with Crippen molar-refractivity contribution < 1.29 is 9.18 Å². The zero-order chi connectivity index (χ0) is 17.1.